The first-order chi connectivity index (χ1) is 9.19. The zero-order chi connectivity index (χ0) is 13.7. The second-order valence-corrected chi connectivity index (χ2v) is 5.93. The fraction of sp³-hybridized carbons (Fsp3) is 0.250. The average molecular weight is 388 g/mol. The maximum absolute atomic E-state index is 11.8. The number of thioether (sulfide) groups is 1. The molecular weight excluding hydrogens is 375 g/mol. The minimum atomic E-state index is -0.0446. The second-order valence-electron chi connectivity index (χ2n) is 3.74. The molecular formula is C12H13IN4OS. The standard InChI is InChI=1S/C12H13IN4OS/c1-2-17-8-14-16-12(17)19-7-11(18)15-10-5-3-9(13)4-6-10/h3-6,8H,2,7H2,1H3,(H,15,18). The van der Waals surface area contributed by atoms with Gasteiger partial charge in [0.1, 0.15) is 6.33 Å². The molecule has 0 aliphatic heterocycles. The van der Waals surface area contributed by atoms with Crippen LogP contribution in [0, 0.1) is 3.57 Å². The molecule has 1 aromatic carbocycles. The predicted octanol–water partition coefficient (Wildman–Crippen LogP) is 2.63. The highest BCUT2D eigenvalue weighted by atomic mass is 127. The zero-order valence-corrected chi connectivity index (χ0v) is 13.3. The predicted molar refractivity (Wildman–Crippen MR) is 84.2 cm³/mol. The van der Waals surface area contributed by atoms with Crippen molar-refractivity contribution in [2.45, 2.75) is 18.6 Å². The Hall–Kier alpha value is -1.09. The summed E-state index contributed by atoms with van der Waals surface area (Å²) in [6.07, 6.45) is 1.67. The Bertz CT molecular complexity index is 555. The van der Waals surface area contributed by atoms with E-state index in [1.807, 2.05) is 35.8 Å². The fourth-order valence-electron chi connectivity index (χ4n) is 1.43. The lowest BCUT2D eigenvalue weighted by Crippen LogP contribution is -2.14. The molecule has 0 atom stereocenters. The molecule has 7 heteroatoms. The molecule has 100 valence electrons. The van der Waals surface area contributed by atoms with E-state index in [0.29, 0.717) is 5.75 Å². The third kappa shape index (κ3) is 4.20. The monoisotopic (exact) mass is 388 g/mol. The van der Waals surface area contributed by atoms with E-state index in [1.54, 1.807) is 6.33 Å². The molecule has 0 saturated heterocycles. The molecule has 1 aromatic heterocycles. The lowest BCUT2D eigenvalue weighted by Gasteiger charge is -2.05. The molecule has 1 amide bonds. The highest BCUT2D eigenvalue weighted by molar-refractivity contribution is 14.1. The number of aromatic nitrogens is 3. The number of carbonyl (C=O) groups is 1. The van der Waals surface area contributed by atoms with Gasteiger partial charge in [-0.2, -0.15) is 0 Å². The number of nitrogens with zero attached hydrogens (tertiary/aromatic N) is 3. The van der Waals surface area contributed by atoms with Crippen LogP contribution in [0.25, 0.3) is 0 Å². The maximum atomic E-state index is 11.8. The summed E-state index contributed by atoms with van der Waals surface area (Å²) in [4.78, 5) is 11.8. The van der Waals surface area contributed by atoms with Crippen LogP contribution in [0.3, 0.4) is 0 Å². The molecule has 0 bridgehead atoms. The fourth-order valence-corrected chi connectivity index (χ4v) is 2.57. The van der Waals surface area contributed by atoms with Crippen LogP contribution in [-0.2, 0) is 11.3 Å². The van der Waals surface area contributed by atoms with Gasteiger partial charge in [0.15, 0.2) is 5.16 Å². The number of hydrogen-bond acceptors (Lipinski definition) is 4. The molecule has 19 heavy (non-hydrogen) atoms. The normalized spacial score (nSPS) is 10.4. The van der Waals surface area contributed by atoms with Crippen LogP contribution in [0.5, 0.6) is 0 Å². The first-order valence-electron chi connectivity index (χ1n) is 5.75. The van der Waals surface area contributed by atoms with Crippen molar-refractivity contribution in [2.75, 3.05) is 11.1 Å². The van der Waals surface area contributed by atoms with E-state index in [1.165, 1.54) is 11.8 Å². The van der Waals surface area contributed by atoms with E-state index in [0.717, 1.165) is 21.0 Å². The summed E-state index contributed by atoms with van der Waals surface area (Å²) in [5, 5.41) is 11.4. The molecule has 0 aliphatic carbocycles. The summed E-state index contributed by atoms with van der Waals surface area (Å²) >= 11 is 3.61. The Morgan fingerprint density at radius 1 is 1.42 bits per heavy atom. The number of halogens is 1. The highest BCUT2D eigenvalue weighted by Gasteiger charge is 2.08. The van der Waals surface area contributed by atoms with Gasteiger partial charge in [-0.15, -0.1) is 10.2 Å². The largest absolute Gasteiger partial charge is 0.325 e. The van der Waals surface area contributed by atoms with Gasteiger partial charge >= 0.3 is 0 Å². The van der Waals surface area contributed by atoms with Crippen molar-refractivity contribution in [2.24, 2.45) is 0 Å². The average Bonchev–Trinajstić information content (AvgIpc) is 2.86. The number of anilines is 1. The molecule has 1 heterocycles. The number of carbonyl (C=O) groups excluding carboxylic acids is 1. The first-order valence-corrected chi connectivity index (χ1v) is 7.81. The minimum Gasteiger partial charge on any atom is -0.325 e. The molecule has 2 aromatic rings. The number of aryl methyl sites for hydroxylation is 1. The van der Waals surface area contributed by atoms with Gasteiger partial charge in [0.25, 0.3) is 0 Å². The maximum Gasteiger partial charge on any atom is 0.234 e. The molecule has 0 unspecified atom stereocenters. The van der Waals surface area contributed by atoms with Crippen molar-refractivity contribution in [3.05, 3.63) is 34.2 Å². The van der Waals surface area contributed by atoms with Crippen LogP contribution in [0.15, 0.2) is 35.7 Å². The summed E-state index contributed by atoms with van der Waals surface area (Å²) in [6.45, 7) is 2.81. The molecule has 0 spiro atoms. The van der Waals surface area contributed by atoms with Crippen molar-refractivity contribution in [3.8, 4) is 0 Å². The Labute approximate surface area is 129 Å². The first kappa shape index (κ1) is 14.3. The topological polar surface area (TPSA) is 59.8 Å². The highest BCUT2D eigenvalue weighted by Crippen LogP contribution is 2.16. The van der Waals surface area contributed by atoms with Crippen LogP contribution in [0.4, 0.5) is 5.69 Å². The van der Waals surface area contributed by atoms with E-state index in [-0.39, 0.29) is 5.91 Å². The van der Waals surface area contributed by atoms with Crippen LogP contribution < -0.4 is 5.32 Å². The lowest BCUT2D eigenvalue weighted by molar-refractivity contribution is -0.113. The lowest BCUT2D eigenvalue weighted by atomic mass is 10.3. The van der Waals surface area contributed by atoms with Crippen LogP contribution in [0.2, 0.25) is 0 Å². The van der Waals surface area contributed by atoms with Gasteiger partial charge in [0, 0.05) is 15.8 Å². The summed E-state index contributed by atoms with van der Waals surface area (Å²) in [5.41, 5.74) is 0.808. The summed E-state index contributed by atoms with van der Waals surface area (Å²) in [7, 11) is 0. The summed E-state index contributed by atoms with van der Waals surface area (Å²) in [5.74, 6) is 0.280. The number of nitrogens with one attached hydrogen (secondary N) is 1. The van der Waals surface area contributed by atoms with Crippen LogP contribution in [0.1, 0.15) is 6.92 Å². The van der Waals surface area contributed by atoms with E-state index >= 15 is 0 Å². The second kappa shape index (κ2) is 6.90. The van der Waals surface area contributed by atoms with Crippen LogP contribution >= 0.6 is 34.4 Å². The summed E-state index contributed by atoms with van der Waals surface area (Å²) in [6, 6.07) is 7.69. The molecule has 1 N–H and O–H groups in total. The van der Waals surface area contributed by atoms with E-state index < -0.39 is 0 Å². The van der Waals surface area contributed by atoms with Gasteiger partial charge < -0.3 is 9.88 Å². The minimum absolute atomic E-state index is 0.0446. The Balaban J connectivity index is 1.86. The van der Waals surface area contributed by atoms with E-state index in [9.17, 15) is 4.79 Å². The van der Waals surface area contributed by atoms with Gasteiger partial charge in [0.05, 0.1) is 5.75 Å². The van der Waals surface area contributed by atoms with Crippen molar-refractivity contribution in [3.63, 3.8) is 0 Å². The summed E-state index contributed by atoms with van der Waals surface area (Å²) < 4.78 is 3.05. The third-order valence-electron chi connectivity index (χ3n) is 2.38. The zero-order valence-electron chi connectivity index (χ0n) is 10.3. The number of benzene rings is 1. The molecule has 0 aliphatic rings. The van der Waals surface area contributed by atoms with E-state index in [2.05, 4.69) is 38.1 Å². The van der Waals surface area contributed by atoms with Gasteiger partial charge in [-0.3, -0.25) is 4.79 Å². The number of hydrogen-bond donors (Lipinski definition) is 1. The van der Waals surface area contributed by atoms with Crippen molar-refractivity contribution < 1.29 is 4.79 Å². The van der Waals surface area contributed by atoms with Crippen molar-refractivity contribution in [1.29, 1.82) is 0 Å². The van der Waals surface area contributed by atoms with E-state index in [4.69, 9.17) is 0 Å². The number of amides is 1. The molecule has 0 saturated carbocycles. The van der Waals surface area contributed by atoms with Gasteiger partial charge in [-0.1, -0.05) is 11.8 Å². The molecule has 5 nitrogen and oxygen atoms in total. The Morgan fingerprint density at radius 2 is 2.16 bits per heavy atom. The molecule has 2 rings (SSSR count). The smallest absolute Gasteiger partial charge is 0.234 e. The molecule has 0 radical (unpaired) electrons. The number of rotatable bonds is 5. The SMILES string of the molecule is CCn1cnnc1SCC(=O)Nc1ccc(I)cc1. The third-order valence-corrected chi connectivity index (χ3v) is 4.08. The Morgan fingerprint density at radius 3 is 2.84 bits per heavy atom. The van der Waals surface area contributed by atoms with Crippen molar-refractivity contribution >= 4 is 45.9 Å². The van der Waals surface area contributed by atoms with Gasteiger partial charge in [-0.05, 0) is 53.8 Å². The quantitative estimate of drug-likeness (QED) is 0.632. The van der Waals surface area contributed by atoms with Crippen molar-refractivity contribution in [1.82, 2.24) is 14.8 Å². The van der Waals surface area contributed by atoms with Crippen LogP contribution in [-0.4, -0.2) is 26.4 Å². The van der Waals surface area contributed by atoms with Gasteiger partial charge in [-0.25, -0.2) is 0 Å². The Kier molecular flexibility index (Phi) is 5.20. The molecule has 0 fully saturated rings. The van der Waals surface area contributed by atoms with Gasteiger partial charge in [0.2, 0.25) is 5.91 Å².